The Labute approximate surface area is 169 Å². The molecule has 1 aliphatic rings. The highest BCUT2D eigenvalue weighted by molar-refractivity contribution is 7.92. The Kier molecular flexibility index (Phi) is 4.72. The van der Waals surface area contributed by atoms with E-state index in [2.05, 4.69) is 19.7 Å². The van der Waals surface area contributed by atoms with Gasteiger partial charge in [-0.25, -0.2) is 27.8 Å². The molecule has 2 aromatic heterocycles. The Hall–Kier alpha value is -2.30. The Morgan fingerprint density at radius 1 is 1.32 bits per heavy atom. The topological polar surface area (TPSA) is 111 Å². The predicted octanol–water partition coefficient (Wildman–Crippen LogP) is 3.89. The Balaban J connectivity index is 1.92. The largest absolute Gasteiger partial charge is 0.368 e. The van der Waals surface area contributed by atoms with Gasteiger partial charge in [-0.15, -0.1) is 11.3 Å². The van der Waals surface area contributed by atoms with E-state index in [0.29, 0.717) is 22.2 Å². The molecule has 2 heterocycles. The summed E-state index contributed by atoms with van der Waals surface area (Å²) in [5.41, 5.74) is 6.93. The number of nitrogen functional groups attached to an aromatic ring is 1. The molecule has 1 saturated carbocycles. The third-order valence-electron chi connectivity index (χ3n) is 4.07. The molecule has 0 saturated heterocycles. The van der Waals surface area contributed by atoms with Crippen molar-refractivity contribution < 1.29 is 12.8 Å². The second-order valence-corrected chi connectivity index (χ2v) is 9.65. The van der Waals surface area contributed by atoms with Crippen LogP contribution in [0.2, 0.25) is 5.02 Å². The number of halogens is 2. The van der Waals surface area contributed by atoms with Crippen LogP contribution in [0.1, 0.15) is 23.8 Å². The molecule has 0 aliphatic heterocycles. The van der Waals surface area contributed by atoms with Crippen LogP contribution in [0, 0.1) is 5.82 Å². The van der Waals surface area contributed by atoms with Gasteiger partial charge < -0.3 is 5.73 Å². The van der Waals surface area contributed by atoms with Crippen molar-refractivity contribution in [1.29, 1.82) is 0 Å². The van der Waals surface area contributed by atoms with E-state index in [-0.39, 0.29) is 22.2 Å². The molecule has 4 rings (SSSR count). The Morgan fingerprint density at radius 3 is 2.71 bits per heavy atom. The van der Waals surface area contributed by atoms with Gasteiger partial charge in [0, 0.05) is 17.7 Å². The number of benzene rings is 1. The molecule has 0 atom stereocenters. The molecule has 7 nitrogen and oxygen atoms in total. The minimum Gasteiger partial charge on any atom is -0.368 e. The first-order chi connectivity index (χ1) is 13.2. The first-order valence-electron chi connectivity index (χ1n) is 8.28. The molecule has 0 spiro atoms. The highest BCUT2D eigenvalue weighted by Gasteiger charge is 2.30. The quantitative estimate of drug-likeness (QED) is 0.623. The maximum absolute atomic E-state index is 14.3. The molecule has 146 valence electrons. The van der Waals surface area contributed by atoms with Crippen LogP contribution in [0.25, 0.3) is 21.8 Å². The van der Waals surface area contributed by atoms with Gasteiger partial charge in [-0.3, -0.25) is 4.72 Å². The van der Waals surface area contributed by atoms with Crippen LogP contribution >= 0.6 is 22.9 Å². The summed E-state index contributed by atoms with van der Waals surface area (Å²) in [4.78, 5) is 13.5. The lowest BCUT2D eigenvalue weighted by Crippen LogP contribution is -2.10. The van der Waals surface area contributed by atoms with Gasteiger partial charge in [0.2, 0.25) is 16.0 Å². The van der Waals surface area contributed by atoms with Gasteiger partial charge in [-0.2, -0.15) is 0 Å². The summed E-state index contributed by atoms with van der Waals surface area (Å²) >= 11 is 7.87. The first kappa shape index (κ1) is 19.0. The maximum atomic E-state index is 14.3. The van der Waals surface area contributed by atoms with Crippen molar-refractivity contribution in [3.8, 4) is 21.8 Å². The number of thiazole rings is 1. The third-order valence-corrected chi connectivity index (χ3v) is 6.30. The van der Waals surface area contributed by atoms with Crippen molar-refractivity contribution in [1.82, 2.24) is 15.0 Å². The molecular weight excluding hydrogens is 425 g/mol. The SMILES string of the molecule is CS(=O)(=O)Nc1cc(F)cc(-c2nc(C3CC3)sc2-c2ccnc(N)n2)c1Cl. The number of anilines is 2. The van der Waals surface area contributed by atoms with Crippen LogP contribution in [0.4, 0.5) is 16.0 Å². The van der Waals surface area contributed by atoms with E-state index in [1.165, 1.54) is 23.6 Å². The van der Waals surface area contributed by atoms with Crippen molar-refractivity contribution in [2.45, 2.75) is 18.8 Å². The molecule has 1 aromatic carbocycles. The van der Waals surface area contributed by atoms with E-state index in [1.807, 2.05) is 0 Å². The molecule has 0 amide bonds. The number of rotatable bonds is 5. The maximum Gasteiger partial charge on any atom is 0.229 e. The summed E-state index contributed by atoms with van der Waals surface area (Å²) in [6, 6.07) is 3.95. The van der Waals surface area contributed by atoms with Crippen molar-refractivity contribution >= 4 is 44.6 Å². The number of nitrogens with one attached hydrogen (secondary N) is 1. The second kappa shape index (κ2) is 6.94. The van der Waals surface area contributed by atoms with E-state index in [4.69, 9.17) is 17.3 Å². The van der Waals surface area contributed by atoms with E-state index in [9.17, 15) is 12.8 Å². The summed E-state index contributed by atoms with van der Waals surface area (Å²) in [6.07, 6.45) is 4.57. The van der Waals surface area contributed by atoms with Crippen molar-refractivity contribution in [2.75, 3.05) is 16.7 Å². The monoisotopic (exact) mass is 439 g/mol. The van der Waals surface area contributed by atoms with Crippen molar-refractivity contribution in [3.63, 3.8) is 0 Å². The van der Waals surface area contributed by atoms with E-state index < -0.39 is 15.8 Å². The minimum atomic E-state index is -3.64. The first-order valence-corrected chi connectivity index (χ1v) is 11.4. The van der Waals surface area contributed by atoms with Gasteiger partial charge in [0.25, 0.3) is 0 Å². The number of nitrogens with two attached hydrogens (primary N) is 1. The highest BCUT2D eigenvalue weighted by atomic mass is 35.5. The van der Waals surface area contributed by atoms with Crippen LogP contribution in [0.3, 0.4) is 0 Å². The zero-order valence-electron chi connectivity index (χ0n) is 14.6. The van der Waals surface area contributed by atoms with Crippen molar-refractivity contribution in [2.24, 2.45) is 0 Å². The number of sulfonamides is 1. The van der Waals surface area contributed by atoms with Crippen LogP contribution in [-0.4, -0.2) is 29.6 Å². The number of aromatic nitrogens is 3. The fourth-order valence-corrected chi connectivity index (χ4v) is 4.81. The number of nitrogens with zero attached hydrogens (tertiary/aromatic N) is 3. The van der Waals surface area contributed by atoms with Crippen LogP contribution in [-0.2, 0) is 10.0 Å². The molecular formula is C17H15ClFN5O2S2. The fourth-order valence-electron chi connectivity index (χ4n) is 2.73. The smallest absolute Gasteiger partial charge is 0.229 e. The Morgan fingerprint density at radius 2 is 2.07 bits per heavy atom. The van der Waals surface area contributed by atoms with E-state index >= 15 is 0 Å². The van der Waals surface area contributed by atoms with Gasteiger partial charge in [-0.1, -0.05) is 11.6 Å². The van der Waals surface area contributed by atoms with Gasteiger partial charge in [0.05, 0.1) is 38.2 Å². The zero-order chi connectivity index (χ0) is 20.1. The minimum absolute atomic E-state index is 0.0479. The standard InChI is InChI=1S/C17H15ClFN5O2S2/c1-28(25,26)24-12-7-9(19)6-10(13(12)18)14-15(11-4-5-21-17(20)22-11)27-16(23-14)8-2-3-8/h4-8,24H,2-3H2,1H3,(H2,20,21,22). The normalized spacial score (nSPS) is 14.2. The number of hydrogen-bond donors (Lipinski definition) is 2. The summed E-state index contributed by atoms with van der Waals surface area (Å²) in [5.74, 6) is -0.174. The van der Waals surface area contributed by atoms with Crippen molar-refractivity contribution in [3.05, 3.63) is 40.2 Å². The molecule has 3 aromatic rings. The average Bonchev–Trinajstić information content (AvgIpc) is 3.35. The summed E-state index contributed by atoms with van der Waals surface area (Å²) in [5, 5.41) is 0.961. The van der Waals surface area contributed by atoms with Crippen LogP contribution in [0.5, 0.6) is 0 Å². The van der Waals surface area contributed by atoms with E-state index in [0.717, 1.165) is 30.2 Å². The number of hydrogen-bond acceptors (Lipinski definition) is 7. The third kappa shape index (κ3) is 3.94. The molecule has 1 aliphatic carbocycles. The lowest BCUT2D eigenvalue weighted by molar-refractivity contribution is 0.606. The molecule has 28 heavy (non-hydrogen) atoms. The molecule has 0 bridgehead atoms. The van der Waals surface area contributed by atoms with Gasteiger partial charge >= 0.3 is 0 Å². The molecule has 3 N–H and O–H groups in total. The van der Waals surface area contributed by atoms with Gasteiger partial charge in [0.15, 0.2) is 0 Å². The highest BCUT2D eigenvalue weighted by Crippen LogP contribution is 2.48. The Bertz CT molecular complexity index is 1180. The van der Waals surface area contributed by atoms with E-state index in [1.54, 1.807) is 6.07 Å². The molecule has 1 fully saturated rings. The molecule has 0 unspecified atom stereocenters. The molecule has 11 heteroatoms. The zero-order valence-corrected chi connectivity index (χ0v) is 17.0. The summed E-state index contributed by atoms with van der Waals surface area (Å²) in [6.45, 7) is 0. The van der Waals surface area contributed by atoms with Gasteiger partial charge in [-0.05, 0) is 31.0 Å². The second-order valence-electron chi connectivity index (χ2n) is 6.49. The van der Waals surface area contributed by atoms with Crippen LogP contribution < -0.4 is 10.5 Å². The summed E-state index contributed by atoms with van der Waals surface area (Å²) < 4.78 is 39.7. The average molecular weight is 440 g/mol. The summed E-state index contributed by atoms with van der Waals surface area (Å²) in [7, 11) is -3.64. The lowest BCUT2D eigenvalue weighted by Gasteiger charge is -2.11. The predicted molar refractivity (Wildman–Crippen MR) is 108 cm³/mol. The van der Waals surface area contributed by atoms with Crippen LogP contribution in [0.15, 0.2) is 24.4 Å². The fraction of sp³-hybridized carbons (Fsp3) is 0.235. The lowest BCUT2D eigenvalue weighted by atomic mass is 10.1. The molecule has 0 radical (unpaired) electrons. The van der Waals surface area contributed by atoms with Gasteiger partial charge in [0.1, 0.15) is 5.82 Å².